The maximum Gasteiger partial charge on any atom is 0.283 e. The third kappa shape index (κ3) is 3.14. The van der Waals surface area contributed by atoms with E-state index in [2.05, 4.69) is 31.2 Å². The number of nitrogens with zero attached hydrogens (tertiary/aromatic N) is 2. The highest BCUT2D eigenvalue weighted by atomic mass is 79.9. The summed E-state index contributed by atoms with van der Waals surface area (Å²) in [7, 11) is 0. The van der Waals surface area contributed by atoms with Gasteiger partial charge in [0.2, 0.25) is 0 Å². The van der Waals surface area contributed by atoms with E-state index in [9.17, 15) is 13.2 Å². The second-order valence-electron chi connectivity index (χ2n) is 8.06. The highest BCUT2D eigenvalue weighted by molar-refractivity contribution is 9.10. The van der Waals surface area contributed by atoms with E-state index >= 15 is 0 Å². The van der Waals surface area contributed by atoms with Crippen molar-refractivity contribution in [2.45, 2.75) is 49.8 Å². The summed E-state index contributed by atoms with van der Waals surface area (Å²) in [4.78, 5) is 8.48. The molecule has 0 saturated heterocycles. The predicted molar refractivity (Wildman–Crippen MR) is 110 cm³/mol. The normalized spacial score (nSPS) is 29.5. The minimum Gasteiger partial charge on any atom is -0.462 e. The van der Waals surface area contributed by atoms with Crippen molar-refractivity contribution in [1.29, 1.82) is 0 Å². The van der Waals surface area contributed by atoms with E-state index in [1.807, 2.05) is 6.07 Å². The number of pyridine rings is 1. The molecule has 2 aliphatic carbocycles. The molecule has 1 aliphatic heterocycles. The Kier molecular flexibility index (Phi) is 4.68. The number of fused-ring (bicyclic) bond motifs is 2. The molecule has 158 valence electrons. The molecule has 2 heterocycles. The number of aliphatic imine (C=N–C) groups is 1. The minimum atomic E-state index is -2.91. The highest BCUT2D eigenvalue weighted by Crippen LogP contribution is 2.56. The van der Waals surface area contributed by atoms with Gasteiger partial charge in [0, 0.05) is 27.8 Å². The quantitative estimate of drug-likeness (QED) is 0.666. The Labute approximate surface area is 180 Å². The summed E-state index contributed by atoms with van der Waals surface area (Å²) >= 11 is 3.44. The Bertz CT molecular complexity index is 1030. The third-order valence-corrected chi connectivity index (χ3v) is 6.61. The molecule has 0 amide bonds. The number of anilines is 1. The zero-order valence-electron chi connectivity index (χ0n) is 15.9. The lowest BCUT2D eigenvalue weighted by Crippen LogP contribution is -2.43. The summed E-state index contributed by atoms with van der Waals surface area (Å²) < 4.78 is 49.6. The maximum atomic E-state index is 14.8. The highest BCUT2D eigenvalue weighted by Gasteiger charge is 2.64. The molecule has 3 aliphatic rings. The molecule has 3 N–H and O–H groups in total. The van der Waals surface area contributed by atoms with Crippen LogP contribution in [0.15, 0.2) is 39.9 Å². The smallest absolute Gasteiger partial charge is 0.283 e. The molecule has 0 bridgehead atoms. The van der Waals surface area contributed by atoms with Gasteiger partial charge >= 0.3 is 0 Å². The van der Waals surface area contributed by atoms with Crippen LogP contribution in [0.1, 0.15) is 42.1 Å². The van der Waals surface area contributed by atoms with Gasteiger partial charge < -0.3 is 15.8 Å². The number of aromatic nitrogens is 1. The lowest BCUT2D eigenvalue weighted by molar-refractivity contribution is 0.0177. The average Bonchev–Trinajstić information content (AvgIpc) is 3.48. The number of aryl methyl sites for hydroxylation is 1. The van der Waals surface area contributed by atoms with Crippen molar-refractivity contribution in [3.05, 3.63) is 57.6 Å². The number of rotatable bonds is 4. The first kappa shape index (κ1) is 19.7. The van der Waals surface area contributed by atoms with Crippen LogP contribution < -0.4 is 11.1 Å². The van der Waals surface area contributed by atoms with Crippen LogP contribution in [0, 0.1) is 11.7 Å². The first-order valence-electron chi connectivity index (χ1n) is 9.89. The number of alkyl halides is 2. The molecule has 0 spiro atoms. The second kappa shape index (κ2) is 7.14. The van der Waals surface area contributed by atoms with E-state index in [1.54, 1.807) is 12.3 Å². The van der Waals surface area contributed by atoms with Crippen LogP contribution in [0.2, 0.25) is 0 Å². The van der Waals surface area contributed by atoms with Crippen LogP contribution in [-0.2, 0) is 16.7 Å². The Morgan fingerprint density at radius 3 is 2.93 bits per heavy atom. The fourth-order valence-corrected chi connectivity index (χ4v) is 5.08. The summed E-state index contributed by atoms with van der Waals surface area (Å²) in [5, 5.41) is 3.36. The van der Waals surface area contributed by atoms with Gasteiger partial charge in [0.1, 0.15) is 11.9 Å². The van der Waals surface area contributed by atoms with Gasteiger partial charge in [0.25, 0.3) is 12.4 Å². The van der Waals surface area contributed by atoms with Crippen LogP contribution in [-0.4, -0.2) is 23.5 Å². The number of amidine groups is 1. The van der Waals surface area contributed by atoms with Crippen LogP contribution >= 0.6 is 15.9 Å². The predicted octanol–water partition coefficient (Wildman–Crippen LogP) is 4.67. The summed E-state index contributed by atoms with van der Waals surface area (Å²) in [6.07, 6.45) is 1.51. The van der Waals surface area contributed by atoms with Crippen LogP contribution in [0.5, 0.6) is 0 Å². The molecule has 4 atom stereocenters. The Morgan fingerprint density at radius 2 is 2.13 bits per heavy atom. The van der Waals surface area contributed by atoms with Crippen molar-refractivity contribution in [1.82, 2.24) is 4.98 Å². The SMILES string of the molecule is NC1=N[C@@](c2cc(N[C@@H]3CCCc4cc(Br)cnc43)ccc2F)(C(F)F)[C@H]2C[C@H]2O1. The van der Waals surface area contributed by atoms with Crippen LogP contribution in [0.25, 0.3) is 0 Å². The van der Waals surface area contributed by atoms with Gasteiger partial charge in [-0.3, -0.25) is 4.98 Å². The summed E-state index contributed by atoms with van der Waals surface area (Å²) in [6, 6.07) is 5.85. The monoisotopic (exact) mass is 480 g/mol. The molecule has 0 unspecified atom stereocenters. The zero-order chi connectivity index (χ0) is 21.0. The van der Waals surface area contributed by atoms with Crippen molar-refractivity contribution in [2.75, 3.05) is 5.32 Å². The van der Waals surface area contributed by atoms with E-state index in [1.165, 1.54) is 12.1 Å². The van der Waals surface area contributed by atoms with Gasteiger partial charge in [-0.05, 0) is 71.4 Å². The number of benzene rings is 1. The molecule has 0 radical (unpaired) electrons. The number of nitrogens with two attached hydrogens (primary N) is 1. The van der Waals surface area contributed by atoms with Gasteiger partial charge in [0.05, 0.1) is 11.7 Å². The van der Waals surface area contributed by atoms with Gasteiger partial charge in [-0.1, -0.05) is 0 Å². The van der Waals surface area contributed by atoms with Crippen molar-refractivity contribution in [3.8, 4) is 0 Å². The van der Waals surface area contributed by atoms with Crippen molar-refractivity contribution < 1.29 is 17.9 Å². The first-order valence-corrected chi connectivity index (χ1v) is 10.7. The Hall–Kier alpha value is -2.29. The van der Waals surface area contributed by atoms with Crippen molar-refractivity contribution >= 4 is 27.6 Å². The molecule has 9 heteroatoms. The Balaban J connectivity index is 1.52. The molecule has 5 rings (SSSR count). The topological polar surface area (TPSA) is 72.5 Å². The number of halogens is 4. The maximum absolute atomic E-state index is 14.8. The minimum absolute atomic E-state index is 0.0837. The number of nitrogens with one attached hydrogen (secondary N) is 1. The van der Waals surface area contributed by atoms with Crippen molar-refractivity contribution in [3.63, 3.8) is 0 Å². The average molecular weight is 481 g/mol. The lowest BCUT2D eigenvalue weighted by Gasteiger charge is -2.33. The van der Waals surface area contributed by atoms with Gasteiger partial charge in [-0.2, -0.15) is 0 Å². The number of hydrogen-bond acceptors (Lipinski definition) is 5. The molecule has 1 saturated carbocycles. The molecule has 5 nitrogen and oxygen atoms in total. The van der Waals surface area contributed by atoms with Gasteiger partial charge in [0.15, 0.2) is 5.54 Å². The van der Waals surface area contributed by atoms with Crippen molar-refractivity contribution in [2.24, 2.45) is 16.6 Å². The third-order valence-electron chi connectivity index (χ3n) is 6.17. The molecule has 2 aromatic rings. The standard InChI is InChI=1S/C21H20BrF3N4O/c22-11-6-10-2-1-3-16(18(10)27-9-11)28-12-4-5-15(23)13(7-12)21(19(24)25)14-8-17(14)30-20(26)29-21/h4-7,9,14,16-17,19,28H,1-3,8H2,(H2,26,29)/t14-,16+,17+,21+/m0/s1. The molecule has 1 aromatic heterocycles. The molecule has 1 aromatic carbocycles. The molecular formula is C21H20BrF3N4O. The van der Waals surface area contributed by atoms with Gasteiger partial charge in [-0.25, -0.2) is 18.2 Å². The summed E-state index contributed by atoms with van der Waals surface area (Å²) in [5.74, 6) is -1.32. The van der Waals surface area contributed by atoms with Crippen LogP contribution in [0.3, 0.4) is 0 Å². The molecule has 30 heavy (non-hydrogen) atoms. The van der Waals surface area contributed by atoms with E-state index in [0.717, 1.165) is 35.0 Å². The fraction of sp³-hybridized carbons (Fsp3) is 0.429. The lowest BCUT2D eigenvalue weighted by atomic mass is 9.84. The largest absolute Gasteiger partial charge is 0.462 e. The van der Waals surface area contributed by atoms with Crippen LogP contribution in [0.4, 0.5) is 18.9 Å². The van der Waals surface area contributed by atoms with E-state index in [4.69, 9.17) is 10.5 Å². The number of ether oxygens (including phenoxy) is 1. The van der Waals surface area contributed by atoms with E-state index in [-0.39, 0.29) is 17.6 Å². The fourth-order valence-electron chi connectivity index (χ4n) is 4.70. The first-order chi connectivity index (χ1) is 14.4. The summed E-state index contributed by atoms with van der Waals surface area (Å²) in [5.41, 5.74) is 6.09. The summed E-state index contributed by atoms with van der Waals surface area (Å²) in [6.45, 7) is 0. The van der Waals surface area contributed by atoms with E-state index < -0.39 is 29.8 Å². The molecular weight excluding hydrogens is 461 g/mol. The zero-order valence-corrected chi connectivity index (χ0v) is 17.5. The second-order valence-corrected chi connectivity index (χ2v) is 8.97. The van der Waals surface area contributed by atoms with E-state index in [0.29, 0.717) is 12.1 Å². The Morgan fingerprint density at radius 1 is 1.30 bits per heavy atom. The van der Waals surface area contributed by atoms with Gasteiger partial charge in [-0.15, -0.1) is 0 Å². The number of hydrogen-bond donors (Lipinski definition) is 2. The molecule has 1 fully saturated rings.